The van der Waals surface area contributed by atoms with Gasteiger partial charge in [0.1, 0.15) is 0 Å². The third kappa shape index (κ3) is 3.89. The number of nitrogens with zero attached hydrogens (tertiary/aromatic N) is 4. The van der Waals surface area contributed by atoms with E-state index in [4.69, 9.17) is 51.1 Å². The zero-order valence-electron chi connectivity index (χ0n) is 17.0. The van der Waals surface area contributed by atoms with Crippen molar-refractivity contribution in [3.8, 4) is 0 Å². The molecule has 2 atom stereocenters. The maximum absolute atomic E-state index is 12.9. The lowest BCUT2D eigenvalue weighted by atomic mass is 10.3. The standard InChI is InChI=1S/C20H14Cl4N4O5/c1-25-15(29)17(27(19(25)31)9-3-5-11(21)13(23)7-9)33-18-16(30)26(2)20(32)28(18)10-4-6-12(22)14(24)8-10/h3-8,17-18H,1-2H3. The van der Waals surface area contributed by atoms with Gasteiger partial charge in [0, 0.05) is 14.1 Å². The van der Waals surface area contributed by atoms with Gasteiger partial charge in [-0.3, -0.25) is 29.2 Å². The first-order chi connectivity index (χ1) is 15.5. The smallest absolute Gasteiger partial charge is 0.315 e. The predicted molar refractivity (Wildman–Crippen MR) is 123 cm³/mol. The molecule has 6 amide bonds. The Morgan fingerprint density at radius 1 is 0.636 bits per heavy atom. The Kier molecular flexibility index (Phi) is 6.19. The normalized spacial score (nSPS) is 21.2. The van der Waals surface area contributed by atoms with E-state index >= 15 is 0 Å². The molecule has 0 aromatic heterocycles. The molecule has 2 aromatic rings. The van der Waals surface area contributed by atoms with Gasteiger partial charge in [-0.25, -0.2) is 9.59 Å². The molecule has 9 nitrogen and oxygen atoms in total. The molecule has 2 aromatic carbocycles. The number of anilines is 2. The summed E-state index contributed by atoms with van der Waals surface area (Å²) in [4.78, 5) is 55.1. The first-order valence-electron chi connectivity index (χ1n) is 9.30. The SMILES string of the molecule is CN1C(=O)C(OC2C(=O)N(C)C(=O)N2c2ccc(Cl)c(Cl)c2)N(c2ccc(Cl)c(Cl)c2)C1=O. The number of imide groups is 2. The molecule has 0 N–H and O–H groups in total. The zero-order valence-corrected chi connectivity index (χ0v) is 20.0. The molecule has 0 radical (unpaired) electrons. The van der Waals surface area contributed by atoms with Crippen molar-refractivity contribution in [3.05, 3.63) is 56.5 Å². The van der Waals surface area contributed by atoms with Crippen molar-refractivity contribution in [1.29, 1.82) is 0 Å². The fourth-order valence-electron chi connectivity index (χ4n) is 3.39. The summed E-state index contributed by atoms with van der Waals surface area (Å²) in [5, 5.41) is 0.778. The van der Waals surface area contributed by atoms with Crippen LogP contribution in [0.3, 0.4) is 0 Å². The number of carbonyl (C=O) groups is 4. The van der Waals surface area contributed by atoms with Crippen LogP contribution in [0, 0.1) is 0 Å². The maximum Gasteiger partial charge on any atom is 0.333 e. The topological polar surface area (TPSA) is 90.5 Å². The molecule has 2 heterocycles. The van der Waals surface area contributed by atoms with Crippen molar-refractivity contribution in [1.82, 2.24) is 9.80 Å². The van der Waals surface area contributed by atoms with E-state index in [0.29, 0.717) is 0 Å². The van der Waals surface area contributed by atoms with Gasteiger partial charge in [0.15, 0.2) is 0 Å². The number of amides is 6. The number of ether oxygens (including phenoxy) is 1. The number of carbonyl (C=O) groups excluding carboxylic acids is 4. The number of urea groups is 2. The van der Waals surface area contributed by atoms with Gasteiger partial charge in [0.2, 0.25) is 12.5 Å². The minimum atomic E-state index is -1.56. The molecule has 2 aliphatic heterocycles. The van der Waals surface area contributed by atoms with Crippen LogP contribution < -0.4 is 9.80 Å². The average molecular weight is 532 g/mol. The van der Waals surface area contributed by atoms with Crippen molar-refractivity contribution in [2.24, 2.45) is 0 Å². The van der Waals surface area contributed by atoms with Crippen LogP contribution >= 0.6 is 46.4 Å². The van der Waals surface area contributed by atoms with Crippen molar-refractivity contribution in [2.75, 3.05) is 23.9 Å². The van der Waals surface area contributed by atoms with Crippen LogP contribution in [-0.2, 0) is 14.3 Å². The van der Waals surface area contributed by atoms with Gasteiger partial charge in [-0.1, -0.05) is 46.4 Å². The maximum atomic E-state index is 12.9. The highest BCUT2D eigenvalue weighted by Gasteiger charge is 2.52. The van der Waals surface area contributed by atoms with E-state index < -0.39 is 36.3 Å². The fourth-order valence-corrected chi connectivity index (χ4v) is 3.97. The number of likely N-dealkylation sites (N-methyl/N-ethyl adjacent to an activating group) is 2. The van der Waals surface area contributed by atoms with E-state index in [2.05, 4.69) is 0 Å². The van der Waals surface area contributed by atoms with Gasteiger partial charge < -0.3 is 4.74 Å². The molecular formula is C20H14Cl4N4O5. The third-order valence-corrected chi connectivity index (χ3v) is 6.64. The molecule has 0 bridgehead atoms. The first-order valence-corrected chi connectivity index (χ1v) is 10.8. The molecule has 2 unspecified atom stereocenters. The molecule has 4 rings (SSSR count). The average Bonchev–Trinajstić information content (AvgIpc) is 3.12. The Morgan fingerprint density at radius 3 is 1.33 bits per heavy atom. The summed E-state index contributed by atoms with van der Waals surface area (Å²) in [6.45, 7) is 0. The number of hydrogen-bond acceptors (Lipinski definition) is 5. The molecule has 0 spiro atoms. The summed E-state index contributed by atoms with van der Waals surface area (Å²) in [5.74, 6) is -1.48. The summed E-state index contributed by atoms with van der Waals surface area (Å²) >= 11 is 24.1. The van der Waals surface area contributed by atoms with Crippen LogP contribution in [0.15, 0.2) is 36.4 Å². The number of hydrogen-bond donors (Lipinski definition) is 0. The predicted octanol–water partition coefficient (Wildman–Crippen LogP) is 4.47. The quantitative estimate of drug-likeness (QED) is 0.543. The van der Waals surface area contributed by atoms with Crippen LogP contribution in [-0.4, -0.2) is 60.2 Å². The molecule has 13 heteroatoms. The van der Waals surface area contributed by atoms with Gasteiger partial charge in [-0.15, -0.1) is 0 Å². The third-order valence-electron chi connectivity index (χ3n) is 5.16. The largest absolute Gasteiger partial charge is 0.333 e. The van der Waals surface area contributed by atoms with E-state index in [1.165, 1.54) is 50.5 Å². The fraction of sp³-hybridized carbons (Fsp3) is 0.200. The van der Waals surface area contributed by atoms with Gasteiger partial charge in [0.25, 0.3) is 11.8 Å². The van der Waals surface area contributed by atoms with Crippen LogP contribution in [0.1, 0.15) is 0 Å². The monoisotopic (exact) mass is 530 g/mol. The Labute approximate surface area is 207 Å². The number of halogens is 4. The van der Waals surface area contributed by atoms with Crippen LogP contribution in [0.5, 0.6) is 0 Å². The molecular weight excluding hydrogens is 518 g/mol. The van der Waals surface area contributed by atoms with Gasteiger partial charge in [-0.05, 0) is 36.4 Å². The molecule has 172 valence electrons. The second-order valence-electron chi connectivity index (χ2n) is 7.14. The highest BCUT2D eigenvalue weighted by Crippen LogP contribution is 2.35. The minimum absolute atomic E-state index is 0.145. The Bertz CT molecular complexity index is 1120. The van der Waals surface area contributed by atoms with Crippen molar-refractivity contribution < 1.29 is 23.9 Å². The van der Waals surface area contributed by atoms with Crippen molar-refractivity contribution in [2.45, 2.75) is 12.5 Å². The second-order valence-corrected chi connectivity index (χ2v) is 8.77. The van der Waals surface area contributed by atoms with Gasteiger partial charge >= 0.3 is 12.1 Å². The highest BCUT2D eigenvalue weighted by molar-refractivity contribution is 6.42. The molecule has 2 fully saturated rings. The van der Waals surface area contributed by atoms with E-state index in [-0.39, 0.29) is 31.5 Å². The van der Waals surface area contributed by atoms with Crippen LogP contribution in [0.2, 0.25) is 20.1 Å². The van der Waals surface area contributed by atoms with Gasteiger partial charge in [0.05, 0.1) is 31.5 Å². The molecule has 2 saturated heterocycles. The molecule has 0 saturated carbocycles. The van der Waals surface area contributed by atoms with E-state index in [1.807, 2.05) is 0 Å². The van der Waals surface area contributed by atoms with Gasteiger partial charge in [-0.2, -0.15) is 0 Å². The van der Waals surface area contributed by atoms with Crippen molar-refractivity contribution in [3.63, 3.8) is 0 Å². The second kappa shape index (κ2) is 8.66. The summed E-state index contributed by atoms with van der Waals surface area (Å²) < 4.78 is 5.83. The number of benzene rings is 2. The summed E-state index contributed by atoms with van der Waals surface area (Å²) in [6.07, 6.45) is -3.11. The van der Waals surface area contributed by atoms with Crippen LogP contribution in [0.25, 0.3) is 0 Å². The van der Waals surface area contributed by atoms with E-state index in [1.54, 1.807) is 0 Å². The first kappa shape index (κ1) is 23.6. The lowest BCUT2D eigenvalue weighted by Gasteiger charge is -2.28. The highest BCUT2D eigenvalue weighted by atomic mass is 35.5. The molecule has 2 aliphatic rings. The lowest BCUT2D eigenvalue weighted by Crippen LogP contribution is -2.46. The zero-order chi connectivity index (χ0) is 24.2. The Balaban J connectivity index is 1.74. The van der Waals surface area contributed by atoms with Crippen molar-refractivity contribution >= 4 is 81.7 Å². The summed E-state index contributed by atoms with van der Waals surface area (Å²) in [7, 11) is 2.53. The lowest BCUT2D eigenvalue weighted by molar-refractivity contribution is -0.146. The summed E-state index contributed by atoms with van der Waals surface area (Å²) in [5.41, 5.74) is 0.423. The number of rotatable bonds is 4. The summed E-state index contributed by atoms with van der Waals surface area (Å²) in [6, 6.07) is 7.19. The van der Waals surface area contributed by atoms with Crippen LogP contribution in [0.4, 0.5) is 21.0 Å². The minimum Gasteiger partial charge on any atom is -0.315 e. The molecule has 0 aliphatic carbocycles. The Hall–Kier alpha value is -2.56. The Morgan fingerprint density at radius 2 is 1.00 bits per heavy atom. The van der Waals surface area contributed by atoms with E-state index in [0.717, 1.165) is 19.6 Å². The molecule has 33 heavy (non-hydrogen) atoms. The van der Waals surface area contributed by atoms with E-state index in [9.17, 15) is 19.2 Å².